The minimum Gasteiger partial charge on any atom is -0.396 e. The molecule has 2 aromatic carbocycles. The van der Waals surface area contributed by atoms with Crippen LogP contribution in [0.2, 0.25) is 0 Å². The fourth-order valence-electron chi connectivity index (χ4n) is 2.54. The quantitative estimate of drug-likeness (QED) is 0.761. The van der Waals surface area contributed by atoms with Crippen molar-refractivity contribution in [2.24, 2.45) is 5.92 Å². The number of rotatable bonds is 5. The van der Waals surface area contributed by atoms with Crippen molar-refractivity contribution in [3.8, 4) is 16.9 Å². The van der Waals surface area contributed by atoms with Gasteiger partial charge in [0.1, 0.15) is 0 Å². The summed E-state index contributed by atoms with van der Waals surface area (Å²) in [4.78, 5) is 0. The Morgan fingerprint density at radius 3 is 2.22 bits per heavy atom. The second-order valence-corrected chi connectivity index (χ2v) is 5.68. The van der Waals surface area contributed by atoms with Crippen LogP contribution in [0.15, 0.2) is 66.9 Å². The van der Waals surface area contributed by atoms with E-state index in [9.17, 15) is 10.2 Å². The van der Waals surface area contributed by atoms with E-state index in [0.29, 0.717) is 0 Å². The van der Waals surface area contributed by atoms with Gasteiger partial charge in [-0.15, -0.1) is 0 Å². The molecule has 4 nitrogen and oxygen atoms in total. The Morgan fingerprint density at radius 2 is 1.61 bits per heavy atom. The zero-order valence-electron chi connectivity index (χ0n) is 13.0. The zero-order valence-corrected chi connectivity index (χ0v) is 13.0. The minimum atomic E-state index is -0.771. The van der Waals surface area contributed by atoms with Gasteiger partial charge in [-0.2, -0.15) is 5.10 Å². The van der Waals surface area contributed by atoms with Crippen molar-refractivity contribution in [2.45, 2.75) is 13.0 Å². The van der Waals surface area contributed by atoms with Gasteiger partial charge in [-0.1, -0.05) is 55.5 Å². The van der Waals surface area contributed by atoms with E-state index in [1.165, 1.54) is 0 Å². The van der Waals surface area contributed by atoms with Gasteiger partial charge in [-0.3, -0.25) is 0 Å². The highest BCUT2D eigenvalue weighted by Crippen LogP contribution is 2.31. The Labute approximate surface area is 135 Å². The van der Waals surface area contributed by atoms with Gasteiger partial charge in [0, 0.05) is 29.8 Å². The molecular formula is C19H20N2O2. The maximum atomic E-state index is 10.6. The molecule has 3 aromatic rings. The number of hydrogen-bond acceptors (Lipinski definition) is 3. The number of hydrogen-bond donors (Lipinski definition) is 2. The summed E-state index contributed by atoms with van der Waals surface area (Å²) in [5.74, 6) is -0.258. The van der Waals surface area contributed by atoms with Crippen LogP contribution >= 0.6 is 0 Å². The molecule has 2 unspecified atom stereocenters. The Morgan fingerprint density at radius 1 is 1.00 bits per heavy atom. The standard InChI is InChI=1S/C19H20N2O2/c1-14(13-22)19(23)17-12-21(16-10-6-3-7-11-16)20-18(17)15-8-4-2-5-9-15/h2-12,14,19,22-23H,13H2,1H3. The third-order valence-electron chi connectivity index (χ3n) is 3.96. The molecule has 0 saturated heterocycles. The van der Waals surface area contributed by atoms with E-state index in [0.717, 1.165) is 22.5 Å². The van der Waals surface area contributed by atoms with E-state index in [4.69, 9.17) is 0 Å². The summed E-state index contributed by atoms with van der Waals surface area (Å²) in [5, 5.41) is 24.6. The molecule has 23 heavy (non-hydrogen) atoms. The molecule has 0 radical (unpaired) electrons. The van der Waals surface area contributed by atoms with Crippen LogP contribution in [0.3, 0.4) is 0 Å². The van der Waals surface area contributed by atoms with Gasteiger partial charge in [0.25, 0.3) is 0 Å². The van der Waals surface area contributed by atoms with Gasteiger partial charge in [0.2, 0.25) is 0 Å². The highest BCUT2D eigenvalue weighted by Gasteiger charge is 2.23. The molecular weight excluding hydrogens is 288 g/mol. The molecule has 0 saturated carbocycles. The summed E-state index contributed by atoms with van der Waals surface area (Å²) in [5.41, 5.74) is 3.34. The molecule has 0 bridgehead atoms. The molecule has 0 amide bonds. The molecule has 0 fully saturated rings. The topological polar surface area (TPSA) is 58.3 Å². The van der Waals surface area contributed by atoms with Crippen LogP contribution in [0.1, 0.15) is 18.6 Å². The Hall–Kier alpha value is -2.43. The zero-order chi connectivity index (χ0) is 16.2. The number of nitrogens with zero attached hydrogens (tertiary/aromatic N) is 2. The van der Waals surface area contributed by atoms with Crippen molar-refractivity contribution in [3.05, 3.63) is 72.4 Å². The lowest BCUT2D eigenvalue weighted by atomic mass is 9.96. The number of benzene rings is 2. The predicted molar refractivity (Wildman–Crippen MR) is 90.2 cm³/mol. The lowest BCUT2D eigenvalue weighted by molar-refractivity contribution is 0.0774. The van der Waals surface area contributed by atoms with Gasteiger partial charge < -0.3 is 10.2 Å². The van der Waals surface area contributed by atoms with Crippen LogP contribution < -0.4 is 0 Å². The van der Waals surface area contributed by atoms with Crippen LogP contribution in [-0.4, -0.2) is 26.6 Å². The van der Waals surface area contributed by atoms with Crippen molar-refractivity contribution in [2.75, 3.05) is 6.61 Å². The lowest BCUT2D eigenvalue weighted by Crippen LogP contribution is -2.13. The van der Waals surface area contributed by atoms with Gasteiger partial charge in [0.05, 0.1) is 17.5 Å². The highest BCUT2D eigenvalue weighted by molar-refractivity contribution is 5.63. The van der Waals surface area contributed by atoms with Crippen LogP contribution in [0, 0.1) is 5.92 Å². The number of aliphatic hydroxyl groups is 2. The molecule has 118 valence electrons. The molecule has 3 rings (SSSR count). The molecule has 2 atom stereocenters. The van der Waals surface area contributed by atoms with E-state index in [-0.39, 0.29) is 12.5 Å². The van der Waals surface area contributed by atoms with Gasteiger partial charge in [-0.25, -0.2) is 4.68 Å². The van der Waals surface area contributed by atoms with Gasteiger partial charge in [-0.05, 0) is 12.1 Å². The summed E-state index contributed by atoms with van der Waals surface area (Å²) < 4.78 is 1.77. The number of aromatic nitrogens is 2. The largest absolute Gasteiger partial charge is 0.396 e. The molecule has 2 N–H and O–H groups in total. The Kier molecular flexibility index (Phi) is 4.55. The fourth-order valence-corrected chi connectivity index (χ4v) is 2.54. The maximum absolute atomic E-state index is 10.6. The fraction of sp³-hybridized carbons (Fsp3) is 0.211. The first-order chi connectivity index (χ1) is 11.2. The smallest absolute Gasteiger partial charge is 0.0985 e. The summed E-state index contributed by atoms with van der Waals surface area (Å²) >= 11 is 0. The van der Waals surface area contributed by atoms with Gasteiger partial charge >= 0.3 is 0 Å². The number of para-hydroxylation sites is 1. The summed E-state index contributed by atoms with van der Waals surface area (Å²) in [6, 6.07) is 19.6. The first kappa shape index (κ1) is 15.5. The van der Waals surface area contributed by atoms with E-state index in [2.05, 4.69) is 5.10 Å². The second kappa shape index (κ2) is 6.77. The average Bonchev–Trinajstić information content (AvgIpc) is 3.07. The van der Waals surface area contributed by atoms with Crippen LogP contribution in [-0.2, 0) is 0 Å². The molecule has 0 spiro atoms. The average molecular weight is 308 g/mol. The van der Waals surface area contributed by atoms with Crippen LogP contribution in [0.5, 0.6) is 0 Å². The van der Waals surface area contributed by atoms with E-state index in [1.54, 1.807) is 4.68 Å². The van der Waals surface area contributed by atoms with Gasteiger partial charge in [0.15, 0.2) is 0 Å². The summed E-state index contributed by atoms with van der Waals surface area (Å²) in [6.45, 7) is 1.74. The van der Waals surface area contributed by atoms with E-state index >= 15 is 0 Å². The predicted octanol–water partition coefficient (Wildman–Crippen LogP) is 3.20. The number of aliphatic hydroxyl groups excluding tert-OH is 2. The Balaban J connectivity index is 2.11. The van der Waals surface area contributed by atoms with Crippen molar-refractivity contribution < 1.29 is 10.2 Å². The first-order valence-corrected chi connectivity index (χ1v) is 7.70. The molecule has 0 aliphatic rings. The summed E-state index contributed by atoms with van der Waals surface area (Å²) in [6.07, 6.45) is 1.07. The first-order valence-electron chi connectivity index (χ1n) is 7.70. The molecule has 4 heteroatoms. The normalized spacial score (nSPS) is 13.7. The van der Waals surface area contributed by atoms with Crippen LogP contribution in [0.25, 0.3) is 16.9 Å². The third kappa shape index (κ3) is 3.18. The van der Waals surface area contributed by atoms with Crippen molar-refractivity contribution in [3.63, 3.8) is 0 Å². The van der Waals surface area contributed by atoms with Crippen molar-refractivity contribution in [1.82, 2.24) is 9.78 Å². The maximum Gasteiger partial charge on any atom is 0.0985 e. The molecule has 0 aliphatic carbocycles. The third-order valence-corrected chi connectivity index (χ3v) is 3.96. The van der Waals surface area contributed by atoms with E-state index < -0.39 is 6.10 Å². The molecule has 1 heterocycles. The monoisotopic (exact) mass is 308 g/mol. The molecule has 0 aliphatic heterocycles. The van der Waals surface area contributed by atoms with Crippen molar-refractivity contribution >= 4 is 0 Å². The van der Waals surface area contributed by atoms with Crippen LogP contribution in [0.4, 0.5) is 0 Å². The highest BCUT2D eigenvalue weighted by atomic mass is 16.3. The molecule has 1 aromatic heterocycles. The van der Waals surface area contributed by atoms with Crippen molar-refractivity contribution in [1.29, 1.82) is 0 Å². The summed E-state index contributed by atoms with van der Waals surface area (Å²) in [7, 11) is 0. The Bertz CT molecular complexity index is 754. The minimum absolute atomic E-state index is 0.0775. The SMILES string of the molecule is CC(CO)C(O)c1cn(-c2ccccc2)nc1-c1ccccc1. The lowest BCUT2D eigenvalue weighted by Gasteiger charge is -2.16. The second-order valence-electron chi connectivity index (χ2n) is 5.68. The van der Waals surface area contributed by atoms with E-state index in [1.807, 2.05) is 73.8 Å².